The Bertz CT molecular complexity index is 260. The van der Waals surface area contributed by atoms with Crippen LogP contribution in [0.3, 0.4) is 0 Å². The molecular weight excluding hydrogens is 247 g/mol. The summed E-state index contributed by atoms with van der Waals surface area (Å²) < 4.78 is 20.0. The van der Waals surface area contributed by atoms with Gasteiger partial charge in [-0.15, -0.1) is 0 Å². The van der Waals surface area contributed by atoms with Crippen LogP contribution in [0, 0.1) is 5.92 Å². The number of hydrogen-bond donors (Lipinski definition) is 1. The molecule has 0 saturated carbocycles. The van der Waals surface area contributed by atoms with E-state index in [-0.39, 0.29) is 25.8 Å². The Morgan fingerprint density at radius 3 is 2.00 bits per heavy atom. The minimum absolute atomic E-state index is 0.0972. The van der Waals surface area contributed by atoms with E-state index in [1.54, 1.807) is 13.8 Å². The summed E-state index contributed by atoms with van der Waals surface area (Å²) in [5.41, 5.74) is 0. The second-order valence-corrected chi connectivity index (χ2v) is 4.63. The molecule has 0 aromatic rings. The molecule has 0 aliphatic heterocycles. The number of carbonyl (C=O) groups is 2. The van der Waals surface area contributed by atoms with Crippen molar-refractivity contribution >= 4 is 20.0 Å². The molecule has 0 rings (SSSR count). The molecule has 0 aromatic carbocycles. The molecule has 100 valence electrons. The van der Waals surface area contributed by atoms with Gasteiger partial charge in [0.2, 0.25) is 0 Å². The fraction of sp³-hybridized carbons (Fsp3) is 0.800. The van der Waals surface area contributed by atoms with Crippen LogP contribution in [0.5, 0.6) is 0 Å². The number of hydrogen-bond acceptors (Lipinski definition) is 5. The maximum atomic E-state index is 11.5. The van der Waals surface area contributed by atoms with Crippen LogP contribution in [0.25, 0.3) is 0 Å². The third kappa shape index (κ3) is 7.13. The van der Waals surface area contributed by atoms with Crippen LogP contribution in [0.4, 0.5) is 0 Å². The molecule has 0 spiro atoms. The number of esters is 2. The maximum absolute atomic E-state index is 11.5. The van der Waals surface area contributed by atoms with Crippen molar-refractivity contribution in [1.29, 1.82) is 0 Å². The maximum Gasteiger partial charge on any atom is 0.320 e. The van der Waals surface area contributed by atoms with Gasteiger partial charge < -0.3 is 14.4 Å². The minimum Gasteiger partial charge on any atom is -0.465 e. The van der Waals surface area contributed by atoms with E-state index in [2.05, 4.69) is 0 Å². The molecule has 1 unspecified atom stereocenters. The normalized spacial score (nSPS) is 12.2. The Balaban J connectivity index is 4.34. The van der Waals surface area contributed by atoms with Gasteiger partial charge in [0.15, 0.2) is 13.9 Å². The van der Waals surface area contributed by atoms with Crippen molar-refractivity contribution in [3.63, 3.8) is 0 Å². The van der Waals surface area contributed by atoms with Gasteiger partial charge in [0.25, 0.3) is 0 Å². The van der Waals surface area contributed by atoms with E-state index < -0.39 is 25.9 Å². The number of carbonyl (C=O) groups excluding carboxylic acids is 2. The Kier molecular flexibility index (Phi) is 8.72. The summed E-state index contributed by atoms with van der Waals surface area (Å²) in [5.74, 6) is -2.26. The zero-order valence-corrected chi connectivity index (χ0v) is 11.1. The monoisotopic (exact) mass is 266 g/mol. The largest absolute Gasteiger partial charge is 0.465 e. The average Bonchev–Trinajstić information content (AvgIpc) is 2.24. The molecule has 0 radical (unpaired) electrons. The molecule has 0 heterocycles. The highest BCUT2D eigenvalue weighted by Crippen LogP contribution is 2.19. The molecule has 0 bridgehead atoms. The van der Waals surface area contributed by atoms with E-state index in [0.717, 1.165) is 0 Å². The van der Waals surface area contributed by atoms with E-state index in [0.29, 0.717) is 6.42 Å². The van der Waals surface area contributed by atoms with E-state index >= 15 is 0 Å². The third-order valence-corrected chi connectivity index (χ3v) is 2.81. The highest BCUT2D eigenvalue weighted by Gasteiger charge is 2.28. The molecule has 0 aliphatic rings. The Labute approximate surface area is 101 Å². The van der Waals surface area contributed by atoms with Gasteiger partial charge in [-0.3, -0.25) is 14.2 Å². The molecule has 6 nitrogen and oxygen atoms in total. The summed E-state index contributed by atoms with van der Waals surface area (Å²) in [7, 11) is -2.56. The van der Waals surface area contributed by atoms with Crippen LogP contribution < -0.4 is 0 Å². The van der Waals surface area contributed by atoms with Gasteiger partial charge in [-0.05, 0) is 26.7 Å². The zero-order chi connectivity index (χ0) is 13.3. The SMILES string of the molecule is CCOC(=O)C(CCC[PH](=O)O)C(=O)OCC. The van der Waals surface area contributed by atoms with E-state index in [1.165, 1.54) is 0 Å². The molecule has 7 heteroatoms. The first-order chi connectivity index (χ1) is 8.02. The molecular formula is C10H19O6P. The molecule has 0 aliphatic carbocycles. The van der Waals surface area contributed by atoms with Crippen molar-refractivity contribution in [2.75, 3.05) is 19.4 Å². The molecule has 1 N–H and O–H groups in total. The van der Waals surface area contributed by atoms with Gasteiger partial charge in [0, 0.05) is 6.16 Å². The van der Waals surface area contributed by atoms with Crippen molar-refractivity contribution in [3.8, 4) is 0 Å². The van der Waals surface area contributed by atoms with Crippen molar-refractivity contribution in [2.24, 2.45) is 5.92 Å². The van der Waals surface area contributed by atoms with Gasteiger partial charge >= 0.3 is 11.9 Å². The molecule has 0 fully saturated rings. The average molecular weight is 266 g/mol. The molecule has 17 heavy (non-hydrogen) atoms. The van der Waals surface area contributed by atoms with Gasteiger partial charge in [0.1, 0.15) is 0 Å². The van der Waals surface area contributed by atoms with Gasteiger partial charge in [-0.25, -0.2) is 0 Å². The van der Waals surface area contributed by atoms with Gasteiger partial charge in [-0.2, -0.15) is 0 Å². The summed E-state index contributed by atoms with van der Waals surface area (Å²) in [5, 5.41) is 0. The Morgan fingerprint density at radius 2 is 1.65 bits per heavy atom. The lowest BCUT2D eigenvalue weighted by Gasteiger charge is -2.13. The summed E-state index contributed by atoms with van der Waals surface area (Å²) in [6, 6.07) is 0. The summed E-state index contributed by atoms with van der Waals surface area (Å²) >= 11 is 0. The highest BCUT2D eigenvalue weighted by molar-refractivity contribution is 7.37. The van der Waals surface area contributed by atoms with Crippen LogP contribution >= 0.6 is 8.03 Å². The van der Waals surface area contributed by atoms with E-state index in [9.17, 15) is 14.2 Å². The molecule has 1 atom stereocenters. The van der Waals surface area contributed by atoms with Gasteiger partial charge in [0.05, 0.1) is 13.2 Å². The first-order valence-electron chi connectivity index (χ1n) is 5.57. The minimum atomic E-state index is -2.56. The van der Waals surface area contributed by atoms with Crippen LogP contribution in [-0.2, 0) is 23.6 Å². The zero-order valence-electron chi connectivity index (χ0n) is 10.1. The third-order valence-electron chi connectivity index (χ3n) is 2.03. The van der Waals surface area contributed by atoms with Crippen molar-refractivity contribution in [3.05, 3.63) is 0 Å². The predicted octanol–water partition coefficient (Wildman–Crippen LogP) is 0.976. The summed E-state index contributed by atoms with van der Waals surface area (Å²) in [6.45, 7) is 3.66. The first-order valence-corrected chi connectivity index (χ1v) is 7.14. The summed E-state index contributed by atoms with van der Waals surface area (Å²) in [4.78, 5) is 31.6. The lowest BCUT2D eigenvalue weighted by Crippen LogP contribution is -2.28. The van der Waals surface area contributed by atoms with E-state index in [1.807, 2.05) is 0 Å². The standard InChI is InChI=1S/C10H19O6P/c1-3-15-9(11)8(10(12)16-4-2)6-5-7-17(13)14/h8,17H,3-7H2,1-2H3,(H,13,14). The number of ether oxygens (including phenoxy) is 2. The Hall–Kier alpha value is -0.870. The highest BCUT2D eigenvalue weighted by atomic mass is 31.1. The fourth-order valence-electron chi connectivity index (χ4n) is 1.28. The lowest BCUT2D eigenvalue weighted by atomic mass is 10.0. The van der Waals surface area contributed by atoms with Gasteiger partial charge in [-0.1, -0.05) is 0 Å². The first kappa shape index (κ1) is 16.1. The lowest BCUT2D eigenvalue weighted by molar-refractivity contribution is -0.161. The molecule has 0 aromatic heterocycles. The quantitative estimate of drug-likeness (QED) is 0.400. The second kappa shape index (κ2) is 9.19. The smallest absolute Gasteiger partial charge is 0.320 e. The van der Waals surface area contributed by atoms with Crippen molar-refractivity contribution < 1.29 is 28.5 Å². The number of rotatable bonds is 8. The molecule has 0 amide bonds. The van der Waals surface area contributed by atoms with Crippen LogP contribution in [-0.4, -0.2) is 36.2 Å². The van der Waals surface area contributed by atoms with Crippen LogP contribution in [0.2, 0.25) is 0 Å². The molecule has 0 saturated heterocycles. The predicted molar refractivity (Wildman–Crippen MR) is 62.1 cm³/mol. The Morgan fingerprint density at radius 1 is 1.18 bits per heavy atom. The summed E-state index contributed by atoms with van der Waals surface area (Å²) in [6.07, 6.45) is 0.588. The van der Waals surface area contributed by atoms with Crippen LogP contribution in [0.15, 0.2) is 0 Å². The fourth-order valence-corrected chi connectivity index (χ4v) is 1.78. The van der Waals surface area contributed by atoms with E-state index in [4.69, 9.17) is 14.4 Å². The van der Waals surface area contributed by atoms with Crippen molar-refractivity contribution in [1.82, 2.24) is 0 Å². The van der Waals surface area contributed by atoms with Crippen molar-refractivity contribution in [2.45, 2.75) is 26.7 Å². The topological polar surface area (TPSA) is 89.9 Å². The second-order valence-electron chi connectivity index (χ2n) is 3.34. The van der Waals surface area contributed by atoms with Crippen LogP contribution in [0.1, 0.15) is 26.7 Å².